The molecule has 0 spiro atoms. The molecular formula is C14H14N2O2. The van der Waals surface area contributed by atoms with Crippen molar-refractivity contribution in [2.24, 2.45) is 0 Å². The fourth-order valence-electron chi connectivity index (χ4n) is 2.64. The number of rotatable bonds is 2. The predicted octanol–water partition coefficient (Wildman–Crippen LogP) is 2.03. The summed E-state index contributed by atoms with van der Waals surface area (Å²) in [6.45, 7) is 2.28. The van der Waals surface area contributed by atoms with Crippen molar-refractivity contribution < 1.29 is 9.59 Å². The van der Waals surface area contributed by atoms with Gasteiger partial charge >= 0.3 is 0 Å². The van der Waals surface area contributed by atoms with Gasteiger partial charge in [0, 0.05) is 30.1 Å². The van der Waals surface area contributed by atoms with Gasteiger partial charge in [0.15, 0.2) is 0 Å². The Hall–Kier alpha value is -2.10. The Morgan fingerprint density at radius 1 is 1.33 bits per heavy atom. The number of amides is 2. The minimum atomic E-state index is -0.325. The highest BCUT2D eigenvalue weighted by molar-refractivity contribution is 6.07. The summed E-state index contributed by atoms with van der Waals surface area (Å²) in [7, 11) is 0. The number of aromatic amines is 1. The third-order valence-corrected chi connectivity index (χ3v) is 3.56. The number of likely N-dealkylation sites (tertiary alicyclic amines) is 1. The van der Waals surface area contributed by atoms with E-state index in [9.17, 15) is 9.59 Å². The summed E-state index contributed by atoms with van der Waals surface area (Å²) in [5, 5.41) is 1.03. The van der Waals surface area contributed by atoms with Crippen LogP contribution in [0.25, 0.3) is 10.9 Å². The van der Waals surface area contributed by atoms with Crippen LogP contribution in [-0.2, 0) is 9.59 Å². The maximum absolute atomic E-state index is 12.2. The van der Waals surface area contributed by atoms with Gasteiger partial charge in [0.25, 0.3) is 0 Å². The van der Waals surface area contributed by atoms with Crippen molar-refractivity contribution in [3.05, 3.63) is 36.0 Å². The summed E-state index contributed by atoms with van der Waals surface area (Å²) in [6.07, 6.45) is 2.13. The molecule has 0 saturated carbocycles. The molecule has 1 fully saturated rings. The lowest BCUT2D eigenvalue weighted by Crippen LogP contribution is -2.29. The number of benzene rings is 1. The number of carbonyl (C=O) groups excluding carboxylic acids is 2. The van der Waals surface area contributed by atoms with Crippen molar-refractivity contribution in [1.29, 1.82) is 0 Å². The number of nitrogens with zero attached hydrogens (tertiary/aromatic N) is 1. The number of aromatic nitrogens is 1. The van der Waals surface area contributed by atoms with Crippen LogP contribution < -0.4 is 0 Å². The monoisotopic (exact) mass is 242 g/mol. The average Bonchev–Trinajstić information content (AvgIpc) is 2.91. The lowest BCUT2D eigenvalue weighted by atomic mass is 9.97. The number of likely N-dealkylation sites (N-methyl/N-ethyl adjacent to an activating group) is 1. The van der Waals surface area contributed by atoms with Crippen LogP contribution in [-0.4, -0.2) is 28.2 Å². The van der Waals surface area contributed by atoms with E-state index >= 15 is 0 Å². The lowest BCUT2D eigenvalue weighted by Gasteiger charge is -2.11. The van der Waals surface area contributed by atoms with Crippen molar-refractivity contribution >= 4 is 22.7 Å². The van der Waals surface area contributed by atoms with Gasteiger partial charge in [0.05, 0.1) is 5.92 Å². The zero-order valence-corrected chi connectivity index (χ0v) is 10.1. The van der Waals surface area contributed by atoms with Gasteiger partial charge in [-0.25, -0.2) is 0 Å². The molecule has 1 atom stereocenters. The van der Waals surface area contributed by atoms with Gasteiger partial charge in [-0.3, -0.25) is 14.5 Å². The van der Waals surface area contributed by atoms with Crippen LogP contribution in [0.4, 0.5) is 0 Å². The largest absolute Gasteiger partial charge is 0.361 e. The van der Waals surface area contributed by atoms with Gasteiger partial charge in [-0.2, -0.15) is 0 Å². The molecule has 1 aromatic heterocycles. The summed E-state index contributed by atoms with van der Waals surface area (Å²) in [5.41, 5.74) is 1.93. The summed E-state index contributed by atoms with van der Waals surface area (Å²) in [4.78, 5) is 28.4. The Bertz CT molecular complexity index is 630. The van der Waals surface area contributed by atoms with E-state index in [1.165, 1.54) is 4.90 Å². The maximum Gasteiger partial charge on any atom is 0.237 e. The molecule has 1 N–H and O–H groups in total. The quantitative estimate of drug-likeness (QED) is 0.819. The van der Waals surface area contributed by atoms with E-state index < -0.39 is 0 Å². The smallest absolute Gasteiger partial charge is 0.237 e. The second-order valence-corrected chi connectivity index (χ2v) is 4.52. The average molecular weight is 242 g/mol. The molecule has 0 radical (unpaired) electrons. The molecule has 4 nitrogen and oxygen atoms in total. The zero-order chi connectivity index (χ0) is 12.7. The van der Waals surface area contributed by atoms with Crippen LogP contribution in [0.2, 0.25) is 0 Å². The lowest BCUT2D eigenvalue weighted by molar-refractivity contribution is -0.138. The fourth-order valence-corrected chi connectivity index (χ4v) is 2.64. The Labute approximate surface area is 105 Å². The third-order valence-electron chi connectivity index (χ3n) is 3.56. The molecule has 3 rings (SSSR count). The Morgan fingerprint density at radius 2 is 2.11 bits per heavy atom. The third kappa shape index (κ3) is 1.45. The van der Waals surface area contributed by atoms with E-state index in [0.717, 1.165) is 16.5 Å². The molecule has 2 amide bonds. The van der Waals surface area contributed by atoms with Crippen LogP contribution >= 0.6 is 0 Å². The molecule has 1 aromatic carbocycles. The van der Waals surface area contributed by atoms with Gasteiger partial charge in [0.1, 0.15) is 0 Å². The molecule has 1 aliphatic heterocycles. The minimum absolute atomic E-state index is 0.0715. The van der Waals surface area contributed by atoms with Gasteiger partial charge < -0.3 is 4.98 Å². The molecule has 4 heteroatoms. The van der Waals surface area contributed by atoms with Crippen LogP contribution in [0.1, 0.15) is 24.8 Å². The van der Waals surface area contributed by atoms with Crippen molar-refractivity contribution in [2.75, 3.05) is 6.54 Å². The highest BCUT2D eigenvalue weighted by Crippen LogP contribution is 2.33. The molecule has 92 valence electrons. The van der Waals surface area contributed by atoms with Gasteiger partial charge in [-0.05, 0) is 18.6 Å². The molecule has 1 unspecified atom stereocenters. The van der Waals surface area contributed by atoms with E-state index in [-0.39, 0.29) is 24.2 Å². The molecule has 18 heavy (non-hydrogen) atoms. The molecule has 0 bridgehead atoms. The second-order valence-electron chi connectivity index (χ2n) is 4.52. The van der Waals surface area contributed by atoms with Crippen molar-refractivity contribution in [3.8, 4) is 0 Å². The van der Waals surface area contributed by atoms with Crippen molar-refractivity contribution in [2.45, 2.75) is 19.3 Å². The van der Waals surface area contributed by atoms with Gasteiger partial charge in [0.2, 0.25) is 11.8 Å². The van der Waals surface area contributed by atoms with Gasteiger partial charge in [-0.15, -0.1) is 0 Å². The number of imide groups is 1. The maximum atomic E-state index is 12.2. The first-order chi connectivity index (χ1) is 8.72. The first kappa shape index (κ1) is 11.0. The Kier molecular flexibility index (Phi) is 2.44. The Balaban J connectivity index is 2.06. The van der Waals surface area contributed by atoms with E-state index in [2.05, 4.69) is 4.98 Å². The number of hydrogen-bond acceptors (Lipinski definition) is 2. The zero-order valence-electron chi connectivity index (χ0n) is 10.1. The number of nitrogens with one attached hydrogen (secondary N) is 1. The number of fused-ring (bicyclic) bond motifs is 1. The standard InChI is InChI=1S/C14H14N2O2/c1-2-16-13(17)7-10(14(16)18)11-8-15-12-6-4-3-5-9(11)12/h3-6,8,10,15H,2,7H2,1H3. The van der Waals surface area contributed by atoms with Crippen LogP contribution in [0.3, 0.4) is 0 Å². The van der Waals surface area contributed by atoms with Crippen LogP contribution in [0.5, 0.6) is 0 Å². The van der Waals surface area contributed by atoms with Crippen molar-refractivity contribution in [3.63, 3.8) is 0 Å². The summed E-state index contributed by atoms with van der Waals surface area (Å²) >= 11 is 0. The van der Waals surface area contributed by atoms with E-state index in [1.807, 2.05) is 37.4 Å². The summed E-state index contributed by atoms with van der Waals surface area (Å²) in [5.74, 6) is -0.473. The van der Waals surface area contributed by atoms with Crippen molar-refractivity contribution in [1.82, 2.24) is 9.88 Å². The summed E-state index contributed by atoms with van der Waals surface area (Å²) < 4.78 is 0. The predicted molar refractivity (Wildman–Crippen MR) is 68.1 cm³/mol. The molecule has 2 aromatic rings. The number of carbonyl (C=O) groups is 2. The highest BCUT2D eigenvalue weighted by atomic mass is 16.2. The molecule has 2 heterocycles. The second kappa shape index (κ2) is 3.98. The number of hydrogen-bond donors (Lipinski definition) is 1. The normalized spacial score (nSPS) is 20.1. The SMILES string of the molecule is CCN1C(=O)CC(c2c[nH]c3ccccc23)C1=O. The van der Waals surface area contributed by atoms with Gasteiger partial charge in [-0.1, -0.05) is 18.2 Å². The fraction of sp³-hybridized carbons (Fsp3) is 0.286. The van der Waals surface area contributed by atoms with E-state index in [1.54, 1.807) is 0 Å². The first-order valence-corrected chi connectivity index (χ1v) is 6.12. The van der Waals surface area contributed by atoms with E-state index in [0.29, 0.717) is 6.54 Å². The highest BCUT2D eigenvalue weighted by Gasteiger charge is 2.39. The number of H-pyrrole nitrogens is 1. The van der Waals surface area contributed by atoms with Crippen LogP contribution in [0, 0.1) is 0 Å². The van der Waals surface area contributed by atoms with E-state index in [4.69, 9.17) is 0 Å². The molecule has 0 aliphatic carbocycles. The Morgan fingerprint density at radius 3 is 2.83 bits per heavy atom. The molecular weight excluding hydrogens is 228 g/mol. The summed E-state index contributed by atoms with van der Waals surface area (Å²) in [6, 6.07) is 7.84. The molecule has 1 aliphatic rings. The minimum Gasteiger partial charge on any atom is -0.361 e. The topological polar surface area (TPSA) is 53.2 Å². The first-order valence-electron chi connectivity index (χ1n) is 6.12. The van der Waals surface area contributed by atoms with Crippen LogP contribution in [0.15, 0.2) is 30.5 Å². The number of para-hydroxylation sites is 1. The molecule has 1 saturated heterocycles.